The van der Waals surface area contributed by atoms with Crippen molar-refractivity contribution in [2.75, 3.05) is 13.2 Å². The molecule has 0 saturated heterocycles. The van der Waals surface area contributed by atoms with E-state index in [1.165, 1.54) is 18.2 Å². The Balaban J connectivity index is 2.61. The summed E-state index contributed by atoms with van der Waals surface area (Å²) in [4.78, 5) is 0. The molecule has 4 heteroatoms. The summed E-state index contributed by atoms with van der Waals surface area (Å²) in [6.45, 7) is 7.63. The van der Waals surface area contributed by atoms with Gasteiger partial charge in [-0.3, -0.25) is 0 Å². The highest BCUT2D eigenvalue weighted by atomic mass is 35.5. The van der Waals surface area contributed by atoms with Gasteiger partial charge in [0.25, 0.3) is 0 Å². The van der Waals surface area contributed by atoms with Gasteiger partial charge in [-0.2, -0.15) is 0 Å². The van der Waals surface area contributed by atoms with E-state index >= 15 is 0 Å². The van der Waals surface area contributed by atoms with Crippen LogP contribution in [-0.4, -0.2) is 19.2 Å². The van der Waals surface area contributed by atoms with Gasteiger partial charge in [-0.15, -0.1) is 0 Å². The van der Waals surface area contributed by atoms with Crippen LogP contribution in [0.3, 0.4) is 0 Å². The normalized spacial score (nSPS) is 12.8. The van der Waals surface area contributed by atoms with Crippen molar-refractivity contribution in [3.8, 4) is 5.75 Å². The lowest BCUT2D eigenvalue weighted by atomic mass is 10.1. The first-order chi connectivity index (χ1) is 8.04. The van der Waals surface area contributed by atoms with Crippen LogP contribution in [0, 0.1) is 11.7 Å². The molecule has 0 spiro atoms. The van der Waals surface area contributed by atoms with Gasteiger partial charge < -0.3 is 10.1 Å². The molecule has 1 atom stereocenters. The molecule has 1 unspecified atom stereocenters. The van der Waals surface area contributed by atoms with E-state index in [4.69, 9.17) is 16.3 Å². The van der Waals surface area contributed by atoms with Crippen LogP contribution in [0.5, 0.6) is 5.75 Å². The molecule has 0 bridgehead atoms. The molecule has 0 aliphatic heterocycles. The second-order valence-electron chi connectivity index (χ2n) is 4.29. The van der Waals surface area contributed by atoms with Crippen LogP contribution in [0.25, 0.3) is 0 Å². The Kier molecular flexibility index (Phi) is 5.72. The lowest BCUT2D eigenvalue weighted by Crippen LogP contribution is -2.38. The molecule has 0 aliphatic carbocycles. The summed E-state index contributed by atoms with van der Waals surface area (Å²) < 4.78 is 18.6. The number of halogens is 2. The number of nitrogens with one attached hydrogen (secondary N) is 1. The summed E-state index contributed by atoms with van der Waals surface area (Å²) in [6.07, 6.45) is 0. The monoisotopic (exact) mass is 259 g/mol. The molecule has 0 aromatic heterocycles. The summed E-state index contributed by atoms with van der Waals surface area (Å²) >= 11 is 5.92. The lowest BCUT2D eigenvalue weighted by Gasteiger charge is -2.22. The average molecular weight is 260 g/mol. The first-order valence-electron chi connectivity index (χ1n) is 5.85. The maximum atomic E-state index is 13.0. The smallest absolute Gasteiger partial charge is 0.140 e. The van der Waals surface area contributed by atoms with Gasteiger partial charge in [-0.25, -0.2) is 4.39 Å². The van der Waals surface area contributed by atoms with E-state index in [0.29, 0.717) is 23.3 Å². The summed E-state index contributed by atoms with van der Waals surface area (Å²) in [7, 11) is 0. The number of ether oxygens (including phenoxy) is 1. The van der Waals surface area contributed by atoms with E-state index in [0.717, 1.165) is 6.54 Å². The molecule has 1 aromatic rings. The van der Waals surface area contributed by atoms with Crippen LogP contribution in [0.15, 0.2) is 18.2 Å². The minimum absolute atomic E-state index is 0.235. The number of likely N-dealkylation sites (N-methyl/N-ethyl adjacent to an activating group) is 1. The second-order valence-corrected chi connectivity index (χ2v) is 4.70. The van der Waals surface area contributed by atoms with Gasteiger partial charge in [0.05, 0.1) is 5.02 Å². The van der Waals surface area contributed by atoms with E-state index in [-0.39, 0.29) is 11.9 Å². The quantitative estimate of drug-likeness (QED) is 0.844. The Labute approximate surface area is 107 Å². The number of hydrogen-bond acceptors (Lipinski definition) is 2. The Morgan fingerprint density at radius 2 is 2.12 bits per heavy atom. The second kappa shape index (κ2) is 6.82. The van der Waals surface area contributed by atoms with Crippen molar-refractivity contribution in [3.05, 3.63) is 29.0 Å². The van der Waals surface area contributed by atoms with E-state index < -0.39 is 0 Å². The zero-order valence-corrected chi connectivity index (χ0v) is 11.2. The summed E-state index contributed by atoms with van der Waals surface area (Å²) in [6, 6.07) is 4.37. The van der Waals surface area contributed by atoms with Crippen LogP contribution in [0.1, 0.15) is 20.8 Å². The largest absolute Gasteiger partial charge is 0.490 e. The third-order valence-corrected chi connectivity index (χ3v) is 2.89. The maximum Gasteiger partial charge on any atom is 0.140 e. The Morgan fingerprint density at radius 1 is 1.41 bits per heavy atom. The predicted molar refractivity (Wildman–Crippen MR) is 69.2 cm³/mol. The fourth-order valence-electron chi connectivity index (χ4n) is 1.52. The van der Waals surface area contributed by atoms with Crippen molar-refractivity contribution < 1.29 is 9.13 Å². The Morgan fingerprint density at radius 3 is 2.71 bits per heavy atom. The zero-order valence-electron chi connectivity index (χ0n) is 10.5. The first-order valence-corrected chi connectivity index (χ1v) is 6.23. The van der Waals surface area contributed by atoms with Crippen LogP contribution in [0.4, 0.5) is 4.39 Å². The molecular weight excluding hydrogens is 241 g/mol. The standard InChI is InChI=1S/C13H19ClFNO/c1-4-16-12(9(2)3)8-17-13-7-10(15)5-6-11(13)14/h5-7,9,12,16H,4,8H2,1-3H3. The van der Waals surface area contributed by atoms with Crippen LogP contribution in [-0.2, 0) is 0 Å². The van der Waals surface area contributed by atoms with Gasteiger partial charge in [0.1, 0.15) is 18.2 Å². The molecular formula is C13H19ClFNO. The highest BCUT2D eigenvalue weighted by Crippen LogP contribution is 2.25. The fraction of sp³-hybridized carbons (Fsp3) is 0.538. The van der Waals surface area contributed by atoms with Gasteiger partial charge in [-0.1, -0.05) is 32.4 Å². The highest BCUT2D eigenvalue weighted by Gasteiger charge is 2.13. The molecule has 1 N–H and O–H groups in total. The van der Waals surface area contributed by atoms with Crippen molar-refractivity contribution in [1.82, 2.24) is 5.32 Å². The Bertz CT molecular complexity index is 357. The molecule has 0 amide bonds. The van der Waals surface area contributed by atoms with E-state index in [1.54, 1.807) is 0 Å². The van der Waals surface area contributed by atoms with Crippen molar-refractivity contribution in [3.63, 3.8) is 0 Å². The van der Waals surface area contributed by atoms with Crippen molar-refractivity contribution in [1.29, 1.82) is 0 Å². The molecule has 1 aromatic carbocycles. The summed E-state index contributed by atoms with van der Waals surface area (Å²) in [5.74, 6) is 0.506. The third kappa shape index (κ3) is 4.52. The molecule has 1 rings (SSSR count). The molecule has 2 nitrogen and oxygen atoms in total. The summed E-state index contributed by atoms with van der Waals surface area (Å²) in [5, 5.41) is 3.76. The molecule has 17 heavy (non-hydrogen) atoms. The molecule has 0 radical (unpaired) electrons. The molecule has 0 saturated carbocycles. The van der Waals surface area contributed by atoms with Crippen LogP contribution < -0.4 is 10.1 Å². The fourth-order valence-corrected chi connectivity index (χ4v) is 1.69. The first kappa shape index (κ1) is 14.3. The maximum absolute atomic E-state index is 13.0. The van der Waals surface area contributed by atoms with Crippen molar-refractivity contribution >= 4 is 11.6 Å². The van der Waals surface area contributed by atoms with Crippen LogP contribution in [0.2, 0.25) is 5.02 Å². The average Bonchev–Trinajstić information content (AvgIpc) is 2.28. The van der Waals surface area contributed by atoms with Crippen molar-refractivity contribution in [2.45, 2.75) is 26.8 Å². The minimum Gasteiger partial charge on any atom is -0.490 e. The van der Waals surface area contributed by atoms with E-state index in [9.17, 15) is 4.39 Å². The van der Waals surface area contributed by atoms with Crippen LogP contribution >= 0.6 is 11.6 Å². The molecule has 0 fully saturated rings. The Hall–Kier alpha value is -0.800. The lowest BCUT2D eigenvalue weighted by molar-refractivity contribution is 0.232. The van der Waals surface area contributed by atoms with E-state index in [2.05, 4.69) is 19.2 Å². The van der Waals surface area contributed by atoms with Gasteiger partial charge in [0.2, 0.25) is 0 Å². The number of hydrogen-bond donors (Lipinski definition) is 1. The van der Waals surface area contributed by atoms with Gasteiger partial charge in [0.15, 0.2) is 0 Å². The summed E-state index contributed by atoms with van der Waals surface area (Å²) in [5.41, 5.74) is 0. The number of rotatable bonds is 6. The van der Waals surface area contributed by atoms with Gasteiger partial charge in [-0.05, 0) is 24.6 Å². The SMILES string of the molecule is CCNC(COc1cc(F)ccc1Cl)C(C)C. The third-order valence-electron chi connectivity index (χ3n) is 2.58. The molecule has 96 valence electrons. The van der Waals surface area contributed by atoms with Crippen molar-refractivity contribution in [2.24, 2.45) is 5.92 Å². The molecule has 0 aliphatic rings. The predicted octanol–water partition coefficient (Wildman–Crippen LogP) is 3.49. The number of benzene rings is 1. The van der Waals surface area contributed by atoms with E-state index in [1.807, 2.05) is 6.92 Å². The van der Waals surface area contributed by atoms with Gasteiger partial charge in [0, 0.05) is 12.1 Å². The highest BCUT2D eigenvalue weighted by molar-refractivity contribution is 6.32. The minimum atomic E-state index is -0.339. The topological polar surface area (TPSA) is 21.3 Å². The zero-order chi connectivity index (χ0) is 12.8. The van der Waals surface area contributed by atoms with Gasteiger partial charge >= 0.3 is 0 Å². The molecule has 0 heterocycles.